The first-order valence-electron chi connectivity index (χ1n) is 11.4. The van der Waals surface area contributed by atoms with E-state index in [2.05, 4.69) is 9.88 Å². The average Bonchev–Trinajstić information content (AvgIpc) is 3.08. The predicted molar refractivity (Wildman–Crippen MR) is 121 cm³/mol. The van der Waals surface area contributed by atoms with Gasteiger partial charge in [0.2, 0.25) is 0 Å². The molecule has 0 bridgehead atoms. The molecule has 2 aromatic rings. The van der Waals surface area contributed by atoms with Crippen molar-refractivity contribution in [1.82, 2.24) is 9.88 Å². The minimum Gasteiger partial charge on any atom is -0.366 e. The largest absolute Gasteiger partial charge is 0.366 e. The standard InChI is InChI=1S/C20H25FN2O.C5H11N/c1-13-8-9-16(21)10-17(13)19-11-18(20(22)24)14(2)23(19)12-15-6-4-3-5-7-15;1-2-4-6-5-3-1/h8-11,15H,3-7,12H2,1-2H3,(H2,22,24);6H,1-5H2. The number of carbonyl (C=O) groups is 1. The number of amides is 1. The summed E-state index contributed by atoms with van der Waals surface area (Å²) in [6, 6.07) is 6.62. The zero-order valence-corrected chi connectivity index (χ0v) is 18.5. The number of hydrogen-bond donors (Lipinski definition) is 2. The molecule has 1 saturated carbocycles. The van der Waals surface area contributed by atoms with Gasteiger partial charge in [-0.1, -0.05) is 31.7 Å². The smallest absolute Gasteiger partial charge is 0.250 e. The Balaban J connectivity index is 0.000000367. The lowest BCUT2D eigenvalue weighted by Crippen LogP contribution is -2.21. The van der Waals surface area contributed by atoms with Crippen molar-refractivity contribution in [3.8, 4) is 11.3 Å². The molecule has 0 radical (unpaired) electrons. The highest BCUT2D eigenvalue weighted by Crippen LogP contribution is 2.32. The fourth-order valence-electron chi connectivity index (χ4n) is 4.65. The van der Waals surface area contributed by atoms with Crippen molar-refractivity contribution >= 4 is 5.91 Å². The number of rotatable bonds is 4. The molecule has 1 aromatic carbocycles. The lowest BCUT2D eigenvalue weighted by Gasteiger charge is -2.24. The van der Waals surface area contributed by atoms with Gasteiger partial charge in [-0.15, -0.1) is 0 Å². The van der Waals surface area contributed by atoms with Gasteiger partial charge in [0.25, 0.3) is 5.91 Å². The van der Waals surface area contributed by atoms with Crippen molar-refractivity contribution in [2.45, 2.75) is 71.8 Å². The molecule has 0 atom stereocenters. The van der Waals surface area contributed by atoms with Crippen LogP contribution in [0.25, 0.3) is 11.3 Å². The molecular formula is C25H36FN3O. The molecule has 0 spiro atoms. The third-order valence-corrected chi connectivity index (χ3v) is 6.48. The van der Waals surface area contributed by atoms with Crippen molar-refractivity contribution in [3.63, 3.8) is 0 Å². The molecule has 1 aromatic heterocycles. The number of halogens is 1. The Labute approximate surface area is 180 Å². The van der Waals surface area contributed by atoms with Crippen LogP contribution in [0, 0.1) is 25.6 Å². The average molecular weight is 414 g/mol. The molecule has 2 aliphatic rings. The number of nitrogens with zero attached hydrogens (tertiary/aromatic N) is 1. The van der Waals surface area contributed by atoms with E-state index in [0.717, 1.165) is 29.1 Å². The summed E-state index contributed by atoms with van der Waals surface area (Å²) < 4.78 is 16.0. The van der Waals surface area contributed by atoms with E-state index in [1.165, 1.54) is 70.5 Å². The van der Waals surface area contributed by atoms with Gasteiger partial charge in [-0.05, 0) is 82.3 Å². The molecule has 4 rings (SSSR count). The van der Waals surface area contributed by atoms with Gasteiger partial charge in [0.15, 0.2) is 0 Å². The minimum atomic E-state index is -0.426. The van der Waals surface area contributed by atoms with Crippen molar-refractivity contribution in [3.05, 3.63) is 46.9 Å². The molecule has 0 unspecified atom stereocenters. The Morgan fingerprint density at radius 2 is 1.73 bits per heavy atom. The van der Waals surface area contributed by atoms with E-state index in [4.69, 9.17) is 5.73 Å². The molecule has 4 nitrogen and oxygen atoms in total. The first-order valence-corrected chi connectivity index (χ1v) is 11.4. The highest BCUT2D eigenvalue weighted by Gasteiger charge is 2.22. The molecular weight excluding hydrogens is 377 g/mol. The molecule has 1 amide bonds. The summed E-state index contributed by atoms with van der Waals surface area (Å²) in [6.07, 6.45) is 10.5. The van der Waals surface area contributed by atoms with E-state index < -0.39 is 5.91 Å². The van der Waals surface area contributed by atoms with Crippen LogP contribution in [-0.2, 0) is 6.54 Å². The van der Waals surface area contributed by atoms with Gasteiger partial charge in [0.05, 0.1) is 5.56 Å². The summed E-state index contributed by atoms with van der Waals surface area (Å²) in [5.74, 6) is -0.0808. The first kappa shape index (κ1) is 22.5. The Morgan fingerprint density at radius 1 is 1.07 bits per heavy atom. The van der Waals surface area contributed by atoms with Gasteiger partial charge in [0.1, 0.15) is 5.82 Å². The van der Waals surface area contributed by atoms with Gasteiger partial charge in [0, 0.05) is 23.5 Å². The van der Waals surface area contributed by atoms with Crippen LogP contribution in [0.4, 0.5) is 4.39 Å². The third kappa shape index (κ3) is 5.72. The van der Waals surface area contributed by atoms with Gasteiger partial charge in [-0.25, -0.2) is 4.39 Å². The molecule has 164 valence electrons. The number of aromatic nitrogens is 1. The second-order valence-electron chi connectivity index (χ2n) is 8.78. The van der Waals surface area contributed by atoms with E-state index in [1.807, 2.05) is 19.9 Å². The Morgan fingerprint density at radius 3 is 2.30 bits per heavy atom. The quantitative estimate of drug-likeness (QED) is 0.710. The van der Waals surface area contributed by atoms with Crippen LogP contribution in [-0.4, -0.2) is 23.6 Å². The van der Waals surface area contributed by atoms with Crippen LogP contribution in [0.1, 0.15) is 73.0 Å². The highest BCUT2D eigenvalue weighted by atomic mass is 19.1. The number of nitrogens with two attached hydrogens (primary N) is 1. The van der Waals surface area contributed by atoms with E-state index in [-0.39, 0.29) is 5.82 Å². The summed E-state index contributed by atoms with van der Waals surface area (Å²) in [6.45, 7) is 7.26. The van der Waals surface area contributed by atoms with E-state index >= 15 is 0 Å². The minimum absolute atomic E-state index is 0.265. The van der Waals surface area contributed by atoms with Gasteiger partial charge >= 0.3 is 0 Å². The van der Waals surface area contributed by atoms with Crippen molar-refractivity contribution in [2.24, 2.45) is 11.7 Å². The van der Waals surface area contributed by atoms with Crippen LogP contribution in [0.5, 0.6) is 0 Å². The number of benzene rings is 1. The van der Waals surface area contributed by atoms with Gasteiger partial charge in [-0.2, -0.15) is 0 Å². The van der Waals surface area contributed by atoms with Crippen LogP contribution in [0.2, 0.25) is 0 Å². The second-order valence-corrected chi connectivity index (χ2v) is 8.78. The van der Waals surface area contributed by atoms with Crippen molar-refractivity contribution < 1.29 is 9.18 Å². The summed E-state index contributed by atoms with van der Waals surface area (Å²) in [7, 11) is 0. The van der Waals surface area contributed by atoms with E-state index in [9.17, 15) is 9.18 Å². The fraction of sp³-hybridized carbons (Fsp3) is 0.560. The predicted octanol–water partition coefficient (Wildman–Crippen LogP) is 5.35. The fourth-order valence-corrected chi connectivity index (χ4v) is 4.65. The maximum absolute atomic E-state index is 13.8. The lowest BCUT2D eigenvalue weighted by atomic mass is 9.89. The number of carbonyl (C=O) groups excluding carboxylic acids is 1. The van der Waals surface area contributed by atoms with Crippen LogP contribution in [0.15, 0.2) is 24.3 Å². The van der Waals surface area contributed by atoms with Crippen molar-refractivity contribution in [2.75, 3.05) is 13.1 Å². The lowest BCUT2D eigenvalue weighted by molar-refractivity contribution is 0.0999. The third-order valence-electron chi connectivity index (χ3n) is 6.48. The monoisotopic (exact) mass is 413 g/mol. The van der Waals surface area contributed by atoms with Crippen LogP contribution in [0.3, 0.4) is 0 Å². The maximum Gasteiger partial charge on any atom is 0.250 e. The Bertz CT molecular complexity index is 837. The molecule has 5 heteroatoms. The molecule has 3 N–H and O–H groups in total. The number of piperidine rings is 1. The van der Waals surface area contributed by atoms with E-state index in [0.29, 0.717) is 11.5 Å². The molecule has 2 fully saturated rings. The normalized spacial score (nSPS) is 17.3. The Hall–Kier alpha value is -2.14. The molecule has 1 aliphatic carbocycles. The van der Waals surface area contributed by atoms with Crippen molar-refractivity contribution in [1.29, 1.82) is 0 Å². The number of primary amides is 1. The number of nitrogens with one attached hydrogen (secondary N) is 1. The molecule has 1 aliphatic heterocycles. The maximum atomic E-state index is 13.8. The first-order chi connectivity index (χ1) is 14.5. The van der Waals surface area contributed by atoms with Gasteiger partial charge in [-0.3, -0.25) is 4.79 Å². The SMILES string of the molecule is C1CCNCC1.Cc1ccc(F)cc1-c1cc(C(N)=O)c(C)n1CC1CCCCC1. The van der Waals surface area contributed by atoms with Crippen LogP contribution < -0.4 is 11.1 Å². The zero-order valence-electron chi connectivity index (χ0n) is 18.5. The Kier molecular flexibility index (Phi) is 8.08. The summed E-state index contributed by atoms with van der Waals surface area (Å²) in [5, 5.41) is 3.28. The zero-order chi connectivity index (χ0) is 21.5. The highest BCUT2D eigenvalue weighted by molar-refractivity contribution is 5.95. The summed E-state index contributed by atoms with van der Waals surface area (Å²) in [4.78, 5) is 11.8. The topological polar surface area (TPSA) is 60.0 Å². The van der Waals surface area contributed by atoms with E-state index in [1.54, 1.807) is 12.1 Å². The van der Waals surface area contributed by atoms with Crippen LogP contribution >= 0.6 is 0 Å². The summed E-state index contributed by atoms with van der Waals surface area (Å²) >= 11 is 0. The number of hydrogen-bond acceptors (Lipinski definition) is 2. The number of aryl methyl sites for hydroxylation is 1. The summed E-state index contributed by atoms with van der Waals surface area (Å²) in [5.41, 5.74) is 9.69. The molecule has 30 heavy (non-hydrogen) atoms. The van der Waals surface area contributed by atoms with Gasteiger partial charge < -0.3 is 15.6 Å². The molecule has 1 saturated heterocycles. The molecule has 2 heterocycles. The second kappa shape index (κ2) is 10.8.